The van der Waals surface area contributed by atoms with Crippen LogP contribution in [0, 0.1) is 0 Å². The Bertz CT molecular complexity index is 895. The molecule has 2 saturated heterocycles. The fourth-order valence-corrected chi connectivity index (χ4v) is 4.60. The van der Waals surface area contributed by atoms with Gasteiger partial charge in [-0.25, -0.2) is 4.79 Å². The molecule has 0 radical (unpaired) electrons. The molecule has 170 valence electrons. The predicted octanol–water partition coefficient (Wildman–Crippen LogP) is 4.34. The number of amides is 1. The number of hydrogen-bond donors (Lipinski definition) is 0. The van der Waals surface area contributed by atoms with Crippen molar-refractivity contribution in [1.29, 1.82) is 0 Å². The summed E-state index contributed by atoms with van der Waals surface area (Å²) in [4.78, 5) is 28.6. The third-order valence-corrected chi connectivity index (χ3v) is 6.49. The molecule has 0 aromatic heterocycles. The van der Waals surface area contributed by atoms with Crippen molar-refractivity contribution in [2.24, 2.45) is 0 Å². The van der Waals surface area contributed by atoms with Gasteiger partial charge >= 0.3 is 12.1 Å². The summed E-state index contributed by atoms with van der Waals surface area (Å²) < 4.78 is 11.6. The molecule has 32 heavy (non-hydrogen) atoms. The average molecular weight is 437 g/mol. The van der Waals surface area contributed by atoms with Crippen LogP contribution in [0.1, 0.15) is 43.7 Å². The van der Waals surface area contributed by atoms with Crippen LogP contribution in [0.25, 0.3) is 0 Å². The highest BCUT2D eigenvalue weighted by atomic mass is 16.6. The first-order valence-corrected chi connectivity index (χ1v) is 11.6. The normalized spacial score (nSPS) is 20.7. The molecule has 0 saturated carbocycles. The molecule has 1 amide bonds. The van der Waals surface area contributed by atoms with Crippen LogP contribution in [0.4, 0.5) is 4.79 Å². The smallest absolute Gasteiger partial charge is 0.410 e. The summed E-state index contributed by atoms with van der Waals surface area (Å²) in [7, 11) is 0. The SMILES string of the molecule is CCC(=O)OC1(c2ccccc2)CCN(CC[C@@H]2CN(Cc3ccccc3)C(=O)O2)CC1. The number of likely N-dealkylation sites (tertiary alicyclic amines) is 1. The number of carbonyl (C=O) groups excluding carboxylic acids is 2. The molecule has 2 aliphatic heterocycles. The first-order valence-electron chi connectivity index (χ1n) is 11.6. The van der Waals surface area contributed by atoms with Gasteiger partial charge in [-0.3, -0.25) is 4.79 Å². The fraction of sp³-hybridized carbons (Fsp3) is 0.462. The maximum atomic E-state index is 12.3. The van der Waals surface area contributed by atoms with Gasteiger partial charge in [0.25, 0.3) is 0 Å². The van der Waals surface area contributed by atoms with Crippen LogP contribution in [0.15, 0.2) is 60.7 Å². The Kier molecular flexibility index (Phi) is 7.10. The molecule has 6 nitrogen and oxygen atoms in total. The Labute approximate surface area is 190 Å². The molecule has 2 aromatic carbocycles. The van der Waals surface area contributed by atoms with Gasteiger partial charge in [-0.1, -0.05) is 67.6 Å². The third kappa shape index (κ3) is 5.30. The average Bonchev–Trinajstić information content (AvgIpc) is 3.18. The summed E-state index contributed by atoms with van der Waals surface area (Å²) in [6.45, 7) is 5.61. The van der Waals surface area contributed by atoms with Crippen molar-refractivity contribution in [2.75, 3.05) is 26.2 Å². The topological polar surface area (TPSA) is 59.1 Å². The van der Waals surface area contributed by atoms with E-state index in [-0.39, 0.29) is 18.2 Å². The number of piperidine rings is 1. The quantitative estimate of drug-likeness (QED) is 0.576. The zero-order valence-electron chi connectivity index (χ0n) is 18.7. The van der Waals surface area contributed by atoms with Crippen molar-refractivity contribution in [3.05, 3.63) is 71.8 Å². The first kappa shape index (κ1) is 22.3. The van der Waals surface area contributed by atoms with Gasteiger partial charge < -0.3 is 19.3 Å². The molecule has 2 aliphatic rings. The van der Waals surface area contributed by atoms with Crippen LogP contribution < -0.4 is 0 Å². The lowest BCUT2D eigenvalue weighted by molar-refractivity contribution is -0.166. The van der Waals surface area contributed by atoms with Gasteiger partial charge in [-0.15, -0.1) is 0 Å². The number of rotatable bonds is 8. The number of ether oxygens (including phenoxy) is 2. The van der Waals surface area contributed by atoms with Crippen LogP contribution in [-0.2, 0) is 26.4 Å². The highest BCUT2D eigenvalue weighted by molar-refractivity contribution is 5.70. The minimum atomic E-state index is -0.544. The molecule has 0 spiro atoms. The molecule has 1 atom stereocenters. The summed E-state index contributed by atoms with van der Waals surface area (Å²) in [5.41, 5.74) is 1.64. The molecule has 4 rings (SSSR count). The molecule has 0 N–H and O–H groups in total. The van der Waals surface area contributed by atoms with Crippen LogP contribution in [-0.4, -0.2) is 54.1 Å². The molecule has 0 unspecified atom stereocenters. The molecule has 2 fully saturated rings. The first-order chi connectivity index (χ1) is 15.6. The number of esters is 1. The third-order valence-electron chi connectivity index (χ3n) is 6.49. The largest absolute Gasteiger partial charge is 0.454 e. The summed E-state index contributed by atoms with van der Waals surface area (Å²) in [6.07, 6.45) is 2.42. The Morgan fingerprint density at radius 3 is 2.38 bits per heavy atom. The summed E-state index contributed by atoms with van der Waals surface area (Å²) in [5.74, 6) is -0.154. The zero-order valence-corrected chi connectivity index (χ0v) is 18.7. The van der Waals surface area contributed by atoms with Crippen molar-refractivity contribution >= 4 is 12.1 Å². The van der Waals surface area contributed by atoms with Crippen molar-refractivity contribution in [2.45, 2.75) is 50.9 Å². The van der Waals surface area contributed by atoms with Crippen molar-refractivity contribution in [3.63, 3.8) is 0 Å². The molecule has 2 heterocycles. The molecule has 0 aliphatic carbocycles. The molecule has 6 heteroatoms. The second-order valence-corrected chi connectivity index (χ2v) is 8.69. The van der Waals surface area contributed by atoms with Crippen LogP contribution in [0.2, 0.25) is 0 Å². The van der Waals surface area contributed by atoms with Crippen molar-refractivity contribution < 1.29 is 19.1 Å². The van der Waals surface area contributed by atoms with Crippen LogP contribution >= 0.6 is 0 Å². The number of nitrogens with zero attached hydrogens (tertiary/aromatic N) is 2. The van der Waals surface area contributed by atoms with E-state index in [0.29, 0.717) is 19.5 Å². The van der Waals surface area contributed by atoms with E-state index in [1.165, 1.54) is 0 Å². The minimum absolute atomic E-state index is 0.0788. The molecular weight excluding hydrogens is 404 g/mol. The van der Waals surface area contributed by atoms with Crippen LogP contribution in [0.5, 0.6) is 0 Å². The van der Waals surface area contributed by atoms with Crippen molar-refractivity contribution in [3.8, 4) is 0 Å². The van der Waals surface area contributed by atoms with Gasteiger partial charge in [0.1, 0.15) is 11.7 Å². The predicted molar refractivity (Wildman–Crippen MR) is 122 cm³/mol. The van der Waals surface area contributed by atoms with Crippen LogP contribution in [0.3, 0.4) is 0 Å². The van der Waals surface area contributed by atoms with E-state index in [4.69, 9.17) is 9.47 Å². The van der Waals surface area contributed by atoms with Gasteiger partial charge in [-0.05, 0) is 17.5 Å². The Hall–Kier alpha value is -2.86. The number of cyclic esters (lactones) is 1. The number of hydrogen-bond acceptors (Lipinski definition) is 5. The molecular formula is C26H32N2O4. The summed E-state index contributed by atoms with van der Waals surface area (Å²) in [6, 6.07) is 20.1. The van der Waals surface area contributed by atoms with E-state index < -0.39 is 5.60 Å². The van der Waals surface area contributed by atoms with Gasteiger partial charge in [-0.2, -0.15) is 0 Å². The number of benzene rings is 2. The lowest BCUT2D eigenvalue weighted by atomic mass is 9.84. The monoisotopic (exact) mass is 436 g/mol. The van der Waals surface area contributed by atoms with E-state index >= 15 is 0 Å². The summed E-state index contributed by atoms with van der Waals surface area (Å²) in [5, 5.41) is 0. The second-order valence-electron chi connectivity index (χ2n) is 8.69. The molecule has 2 aromatic rings. The van der Waals surface area contributed by atoms with Gasteiger partial charge in [0, 0.05) is 45.4 Å². The highest BCUT2D eigenvalue weighted by Gasteiger charge is 2.40. The minimum Gasteiger partial charge on any atom is -0.454 e. The zero-order chi connectivity index (χ0) is 22.4. The van der Waals surface area contributed by atoms with Gasteiger partial charge in [0.2, 0.25) is 0 Å². The second kappa shape index (κ2) is 10.2. The standard InChI is InChI=1S/C26H32N2O4/c1-2-24(29)32-26(22-11-7-4-8-12-22)14-17-27(18-15-26)16-13-23-20-28(25(30)31-23)19-21-9-5-3-6-10-21/h3-12,23H,2,13-20H2,1H3/t23-/m1/s1. The maximum absolute atomic E-state index is 12.3. The Morgan fingerprint density at radius 1 is 1.06 bits per heavy atom. The van der Waals surface area contributed by atoms with Gasteiger partial charge in [0.05, 0.1) is 6.54 Å². The Morgan fingerprint density at radius 2 is 1.72 bits per heavy atom. The summed E-state index contributed by atoms with van der Waals surface area (Å²) >= 11 is 0. The molecule has 0 bridgehead atoms. The van der Waals surface area contributed by atoms with Crippen molar-refractivity contribution in [1.82, 2.24) is 9.80 Å². The van der Waals surface area contributed by atoms with E-state index in [9.17, 15) is 9.59 Å². The lowest BCUT2D eigenvalue weighted by Gasteiger charge is -2.41. The fourth-order valence-electron chi connectivity index (χ4n) is 4.60. The van der Waals surface area contributed by atoms with E-state index in [1.807, 2.05) is 55.5 Å². The van der Waals surface area contributed by atoms with E-state index in [2.05, 4.69) is 17.0 Å². The number of carbonyl (C=O) groups is 2. The van der Waals surface area contributed by atoms with E-state index in [1.54, 1.807) is 4.90 Å². The Balaban J connectivity index is 1.29. The highest BCUT2D eigenvalue weighted by Crippen LogP contribution is 2.37. The maximum Gasteiger partial charge on any atom is 0.410 e. The van der Waals surface area contributed by atoms with Gasteiger partial charge in [0.15, 0.2) is 0 Å². The lowest BCUT2D eigenvalue weighted by Crippen LogP contribution is -2.46. The van der Waals surface area contributed by atoms with E-state index in [0.717, 1.165) is 50.0 Å².